The molecule has 9 nitrogen and oxygen atoms in total. The van der Waals surface area contributed by atoms with E-state index < -0.39 is 22.2 Å². The number of amides is 1. The summed E-state index contributed by atoms with van der Waals surface area (Å²) < 4.78 is 32.9. The molecular formula is C23H23N3O6S. The first-order chi connectivity index (χ1) is 15.7. The van der Waals surface area contributed by atoms with Gasteiger partial charge in [-0.15, -0.1) is 0 Å². The lowest BCUT2D eigenvalue weighted by Gasteiger charge is -2.26. The average molecular weight is 470 g/mol. The summed E-state index contributed by atoms with van der Waals surface area (Å²) >= 11 is 0. The summed E-state index contributed by atoms with van der Waals surface area (Å²) in [4.78, 5) is 11.6. The van der Waals surface area contributed by atoms with E-state index in [-0.39, 0.29) is 11.4 Å². The second-order valence-electron chi connectivity index (χ2n) is 7.03. The van der Waals surface area contributed by atoms with E-state index in [4.69, 9.17) is 10.5 Å². The van der Waals surface area contributed by atoms with Gasteiger partial charge in [0, 0.05) is 18.7 Å². The molecule has 172 valence electrons. The number of sulfonamides is 1. The van der Waals surface area contributed by atoms with Gasteiger partial charge in [0.25, 0.3) is 5.91 Å². The highest BCUT2D eigenvalue weighted by Gasteiger charge is 2.34. The summed E-state index contributed by atoms with van der Waals surface area (Å²) in [6.07, 6.45) is 4.15. The van der Waals surface area contributed by atoms with Crippen LogP contribution in [0, 0.1) is 5.21 Å². The molecule has 0 fully saturated rings. The number of nitrogens with two attached hydrogens (primary N) is 1. The molecule has 0 aliphatic carbocycles. The third-order valence-electron chi connectivity index (χ3n) is 4.86. The topological polar surface area (TPSA) is 137 Å². The van der Waals surface area contributed by atoms with Crippen molar-refractivity contribution in [1.82, 2.24) is 4.31 Å². The Morgan fingerprint density at radius 2 is 1.76 bits per heavy atom. The zero-order chi connectivity index (χ0) is 24.0. The number of carbonyl (C=O) groups is 1. The van der Waals surface area contributed by atoms with Crippen molar-refractivity contribution in [2.75, 3.05) is 7.11 Å². The number of aromatic nitrogens is 1. The van der Waals surface area contributed by atoms with Gasteiger partial charge in [-0.2, -0.15) is 9.04 Å². The van der Waals surface area contributed by atoms with Crippen molar-refractivity contribution in [3.63, 3.8) is 0 Å². The average Bonchev–Trinajstić information content (AvgIpc) is 2.82. The molecule has 1 heterocycles. The number of nitrogens with zero attached hydrogens (tertiary/aromatic N) is 2. The number of benzene rings is 2. The molecule has 1 unspecified atom stereocenters. The number of aliphatic hydroxyl groups is 1. The van der Waals surface area contributed by atoms with Crippen LogP contribution in [0.4, 0.5) is 0 Å². The Labute approximate surface area is 191 Å². The Kier molecular flexibility index (Phi) is 7.44. The van der Waals surface area contributed by atoms with Crippen LogP contribution in [0.2, 0.25) is 0 Å². The van der Waals surface area contributed by atoms with Gasteiger partial charge in [0.05, 0.1) is 12.0 Å². The zero-order valence-electron chi connectivity index (χ0n) is 17.7. The monoisotopic (exact) mass is 469 g/mol. The number of hydrogen-bond acceptors (Lipinski definition) is 6. The van der Waals surface area contributed by atoms with E-state index in [1.807, 2.05) is 0 Å². The Morgan fingerprint density at radius 1 is 1.12 bits per heavy atom. The molecule has 3 aromatic rings. The molecule has 2 aromatic carbocycles. The quantitative estimate of drug-likeness (QED) is 0.277. The van der Waals surface area contributed by atoms with Gasteiger partial charge in [0.2, 0.25) is 16.3 Å². The molecule has 0 saturated heterocycles. The predicted molar refractivity (Wildman–Crippen MR) is 122 cm³/mol. The van der Waals surface area contributed by atoms with E-state index >= 15 is 0 Å². The summed E-state index contributed by atoms with van der Waals surface area (Å²) in [6, 6.07) is 15.7. The molecule has 0 spiro atoms. The van der Waals surface area contributed by atoms with Crippen molar-refractivity contribution in [1.29, 1.82) is 0 Å². The van der Waals surface area contributed by atoms with Crippen molar-refractivity contribution in [2.24, 2.45) is 5.73 Å². The summed E-state index contributed by atoms with van der Waals surface area (Å²) in [5, 5.41) is 21.6. The van der Waals surface area contributed by atoms with Crippen molar-refractivity contribution in [2.45, 2.75) is 17.7 Å². The maximum absolute atomic E-state index is 13.3. The first-order valence-electron chi connectivity index (χ1n) is 9.80. The number of rotatable bonds is 9. The minimum absolute atomic E-state index is 0.133. The van der Waals surface area contributed by atoms with Crippen LogP contribution in [0.25, 0.3) is 12.2 Å². The SMILES string of the molecule is COc1ccc(S(=O)(=O)N(Cc2ccccc2/C=C/c2cc[n+]([O-])cc2)C(O)C(N)=O)cc1. The largest absolute Gasteiger partial charge is 0.619 e. The van der Waals surface area contributed by atoms with Gasteiger partial charge in [0.15, 0.2) is 12.4 Å². The van der Waals surface area contributed by atoms with Gasteiger partial charge >= 0.3 is 0 Å². The molecule has 3 N–H and O–H groups in total. The standard InChI is InChI=1S/C23H23N3O6S/c1-32-20-8-10-21(11-9-20)33(30,31)26(23(28)22(24)27)16-19-5-3-2-4-18(19)7-6-17-12-14-25(29)15-13-17/h2-15,23,28H,16H2,1H3,(H2,24,27)/b7-6+. The molecule has 0 bridgehead atoms. The number of primary amides is 1. The van der Waals surface area contributed by atoms with Gasteiger partial charge in [-0.3, -0.25) is 4.79 Å². The lowest BCUT2D eigenvalue weighted by molar-refractivity contribution is -0.605. The molecular weight excluding hydrogens is 446 g/mol. The molecule has 0 aliphatic heterocycles. The fraction of sp³-hybridized carbons (Fsp3) is 0.130. The Bertz CT molecular complexity index is 1240. The van der Waals surface area contributed by atoms with E-state index in [1.54, 1.807) is 48.6 Å². The molecule has 1 atom stereocenters. The Hall–Kier alpha value is -3.73. The van der Waals surface area contributed by atoms with Gasteiger partial charge < -0.3 is 20.8 Å². The third-order valence-corrected chi connectivity index (χ3v) is 6.67. The second kappa shape index (κ2) is 10.3. The van der Waals surface area contributed by atoms with E-state index in [0.717, 1.165) is 5.56 Å². The first-order valence-corrected chi connectivity index (χ1v) is 11.2. The summed E-state index contributed by atoms with van der Waals surface area (Å²) in [6.45, 7) is -0.311. The van der Waals surface area contributed by atoms with Crippen LogP contribution in [-0.2, 0) is 21.4 Å². The molecule has 1 amide bonds. The molecule has 1 aromatic heterocycles. The lowest BCUT2D eigenvalue weighted by atomic mass is 10.1. The van der Waals surface area contributed by atoms with Crippen LogP contribution in [-0.4, -0.2) is 37.1 Å². The fourth-order valence-electron chi connectivity index (χ4n) is 3.06. The van der Waals surface area contributed by atoms with Gasteiger partial charge in [0.1, 0.15) is 5.75 Å². The van der Waals surface area contributed by atoms with Crippen molar-refractivity contribution in [3.8, 4) is 5.75 Å². The van der Waals surface area contributed by atoms with Crippen molar-refractivity contribution in [3.05, 3.63) is 95.0 Å². The molecule has 10 heteroatoms. The number of methoxy groups -OCH3 is 1. The number of pyridine rings is 1. The smallest absolute Gasteiger partial charge is 0.262 e. The van der Waals surface area contributed by atoms with Crippen LogP contribution in [0.5, 0.6) is 5.75 Å². The van der Waals surface area contributed by atoms with E-state index in [2.05, 4.69) is 0 Å². The number of carbonyl (C=O) groups excluding carboxylic acids is 1. The molecule has 0 saturated carbocycles. The molecule has 0 aliphatic rings. The normalized spacial score (nSPS) is 12.7. The fourth-order valence-corrected chi connectivity index (χ4v) is 4.48. The van der Waals surface area contributed by atoms with E-state index in [9.17, 15) is 23.5 Å². The van der Waals surface area contributed by atoms with Crippen LogP contribution < -0.4 is 15.2 Å². The minimum Gasteiger partial charge on any atom is -0.619 e. The molecule has 33 heavy (non-hydrogen) atoms. The van der Waals surface area contributed by atoms with Crippen LogP contribution in [0.15, 0.2) is 78.0 Å². The van der Waals surface area contributed by atoms with Crippen LogP contribution in [0.1, 0.15) is 16.7 Å². The van der Waals surface area contributed by atoms with Gasteiger partial charge in [-0.25, -0.2) is 8.42 Å². The lowest BCUT2D eigenvalue weighted by Crippen LogP contribution is -2.47. The summed E-state index contributed by atoms with van der Waals surface area (Å²) in [7, 11) is -2.84. The van der Waals surface area contributed by atoms with E-state index in [1.165, 1.54) is 43.8 Å². The molecule has 3 rings (SSSR count). The van der Waals surface area contributed by atoms with Crippen LogP contribution in [0.3, 0.4) is 0 Å². The second-order valence-corrected chi connectivity index (χ2v) is 8.92. The van der Waals surface area contributed by atoms with Crippen molar-refractivity contribution < 1.29 is 27.8 Å². The van der Waals surface area contributed by atoms with Gasteiger partial charge in [-0.1, -0.05) is 36.4 Å². The maximum Gasteiger partial charge on any atom is 0.262 e. The highest BCUT2D eigenvalue weighted by Crippen LogP contribution is 2.24. The predicted octanol–water partition coefficient (Wildman–Crippen LogP) is 1.49. The molecule has 0 radical (unpaired) electrons. The maximum atomic E-state index is 13.3. The minimum atomic E-state index is -4.29. The first kappa shape index (κ1) is 23.9. The van der Waals surface area contributed by atoms with Gasteiger partial charge in [-0.05, 0) is 41.0 Å². The highest BCUT2D eigenvalue weighted by atomic mass is 32.2. The van der Waals surface area contributed by atoms with E-state index in [0.29, 0.717) is 25.9 Å². The Morgan fingerprint density at radius 3 is 2.36 bits per heavy atom. The summed E-state index contributed by atoms with van der Waals surface area (Å²) in [5.41, 5.74) is 7.18. The Balaban J connectivity index is 1.97. The van der Waals surface area contributed by atoms with Crippen LogP contribution >= 0.6 is 0 Å². The number of aliphatic hydroxyl groups excluding tert-OH is 1. The zero-order valence-corrected chi connectivity index (χ0v) is 18.6. The van der Waals surface area contributed by atoms with Crippen molar-refractivity contribution >= 4 is 28.1 Å². The number of hydrogen-bond donors (Lipinski definition) is 2. The summed E-state index contributed by atoms with van der Waals surface area (Å²) in [5.74, 6) is -0.745. The number of ether oxygens (including phenoxy) is 1. The third kappa shape index (κ3) is 5.75. The highest BCUT2D eigenvalue weighted by molar-refractivity contribution is 7.89.